The van der Waals surface area contributed by atoms with E-state index in [1.807, 2.05) is 0 Å². The van der Waals surface area contributed by atoms with E-state index in [0.717, 1.165) is 36.8 Å². The van der Waals surface area contributed by atoms with Crippen LogP contribution >= 0.6 is 0 Å². The average molecular weight is 595 g/mol. The van der Waals surface area contributed by atoms with Crippen LogP contribution < -0.4 is 0 Å². The van der Waals surface area contributed by atoms with Gasteiger partial charge in [0.05, 0.1) is 19.3 Å². The first-order chi connectivity index (χ1) is 19.1. The second-order valence-corrected chi connectivity index (χ2v) is 18.5. The zero-order valence-electron chi connectivity index (χ0n) is 27.5. The Kier molecular flexibility index (Phi) is 13.6. The molecule has 2 aromatic carbocycles. The molecule has 0 N–H and O–H groups in total. The number of hydrogen-bond acceptors (Lipinski definition) is 4. The quantitative estimate of drug-likeness (QED) is 0.107. The molecule has 0 amide bonds. The van der Waals surface area contributed by atoms with E-state index >= 15 is 0 Å². The van der Waals surface area contributed by atoms with E-state index in [1.54, 1.807) is 0 Å². The van der Waals surface area contributed by atoms with Crippen molar-refractivity contribution < 1.29 is 18.4 Å². The number of benzene rings is 2. The molecule has 2 unspecified atom stereocenters. The number of aryl methyl sites for hydroxylation is 1. The van der Waals surface area contributed by atoms with E-state index in [9.17, 15) is 4.79 Å². The Morgan fingerprint density at radius 2 is 1.32 bits per heavy atom. The summed E-state index contributed by atoms with van der Waals surface area (Å²) in [6.07, 6.45) is 4.35. The molecule has 0 aliphatic heterocycles. The highest BCUT2D eigenvalue weighted by atomic mass is 28.3. The molecule has 2 rings (SSSR count). The first-order valence-electron chi connectivity index (χ1n) is 15.2. The van der Waals surface area contributed by atoms with Gasteiger partial charge in [-0.1, -0.05) is 78.0 Å². The van der Waals surface area contributed by atoms with Gasteiger partial charge in [-0.3, -0.25) is 4.79 Å². The van der Waals surface area contributed by atoms with Crippen molar-refractivity contribution in [1.82, 2.24) is 0 Å². The molecule has 2 atom stereocenters. The van der Waals surface area contributed by atoms with Crippen LogP contribution in [0.2, 0.25) is 26.2 Å². The Bertz CT molecular complexity index is 1180. The lowest BCUT2D eigenvalue weighted by Gasteiger charge is -2.39. The van der Waals surface area contributed by atoms with Gasteiger partial charge in [0.15, 0.2) is 18.1 Å². The summed E-state index contributed by atoms with van der Waals surface area (Å²) in [6.45, 7) is 22.6. The fourth-order valence-electron chi connectivity index (χ4n) is 4.98. The Morgan fingerprint density at radius 3 is 1.85 bits per heavy atom. The SMILES string of the molecule is COC(=O)CCCCCc1cccc(C#Cc2ccc(C(O[SiH](C)C)C(C)(C)C)c(C(O[SiH](C)C)C(C)(C)C)c2)c1. The van der Waals surface area contributed by atoms with Gasteiger partial charge >= 0.3 is 5.97 Å². The molecule has 0 aliphatic rings. The fraction of sp³-hybridized carbons (Fsp3) is 0.571. The number of carbonyl (C=O) groups excluding carboxylic acids is 1. The summed E-state index contributed by atoms with van der Waals surface area (Å²) >= 11 is 0. The number of methoxy groups -OCH3 is 1. The third kappa shape index (κ3) is 11.9. The van der Waals surface area contributed by atoms with Crippen LogP contribution in [0.25, 0.3) is 0 Å². The number of unbranched alkanes of at least 4 members (excludes halogenated alkanes) is 2. The molecular formula is C35H54O4Si2. The second kappa shape index (κ2) is 15.9. The molecule has 0 saturated carbocycles. The third-order valence-corrected chi connectivity index (χ3v) is 8.53. The van der Waals surface area contributed by atoms with Crippen molar-refractivity contribution in [3.05, 3.63) is 70.3 Å². The highest BCUT2D eigenvalue weighted by Crippen LogP contribution is 2.45. The molecule has 0 spiro atoms. The minimum absolute atomic E-state index is 0.00208. The van der Waals surface area contributed by atoms with Crippen molar-refractivity contribution in [2.45, 2.75) is 112 Å². The molecule has 0 heterocycles. The van der Waals surface area contributed by atoms with E-state index < -0.39 is 18.1 Å². The first-order valence-corrected chi connectivity index (χ1v) is 20.8. The molecule has 226 valence electrons. The summed E-state index contributed by atoms with van der Waals surface area (Å²) in [5.74, 6) is 6.73. The molecule has 6 heteroatoms. The molecule has 0 aromatic heterocycles. The Balaban J connectivity index is 2.42. The lowest BCUT2D eigenvalue weighted by atomic mass is 9.77. The van der Waals surface area contributed by atoms with Crippen LogP contribution in [0.4, 0.5) is 0 Å². The van der Waals surface area contributed by atoms with Gasteiger partial charge in [-0.15, -0.1) is 0 Å². The average Bonchev–Trinajstić information content (AvgIpc) is 2.87. The molecular weight excluding hydrogens is 541 g/mol. The van der Waals surface area contributed by atoms with Gasteiger partial charge in [0.1, 0.15) is 0 Å². The van der Waals surface area contributed by atoms with Crippen LogP contribution in [-0.4, -0.2) is 31.2 Å². The maximum absolute atomic E-state index is 11.3. The maximum atomic E-state index is 11.3. The third-order valence-electron chi connectivity index (χ3n) is 6.89. The standard InChI is InChI=1S/C35H54O4Si2/c1-34(2,3)32(38-40(8)9)29-23-22-28(25-30(29)33(35(4,5)6)39-41(10)11)21-20-27-18-15-17-26(24-27)16-13-12-14-19-31(36)37-7/h15,17-18,22-25,32-33,40-41H,12-14,16,19H2,1-11H3. The van der Waals surface area contributed by atoms with E-state index in [2.05, 4.69) is 122 Å². The second-order valence-electron chi connectivity index (χ2n) is 13.8. The number of rotatable bonds is 12. The zero-order chi connectivity index (χ0) is 30.8. The highest BCUT2D eigenvalue weighted by molar-refractivity contribution is 6.48. The van der Waals surface area contributed by atoms with Gasteiger partial charge in [-0.2, -0.15) is 0 Å². The minimum atomic E-state index is -1.32. The molecule has 0 saturated heterocycles. The van der Waals surface area contributed by atoms with Crippen molar-refractivity contribution in [2.24, 2.45) is 10.8 Å². The Labute approximate surface area is 254 Å². The molecule has 4 nitrogen and oxygen atoms in total. The van der Waals surface area contributed by atoms with Crippen LogP contribution in [0.5, 0.6) is 0 Å². The van der Waals surface area contributed by atoms with Crippen LogP contribution in [0.1, 0.15) is 107 Å². The predicted molar refractivity (Wildman–Crippen MR) is 177 cm³/mol. The van der Waals surface area contributed by atoms with Gasteiger partial charge in [0.2, 0.25) is 0 Å². The summed E-state index contributed by atoms with van der Waals surface area (Å²) in [4.78, 5) is 11.3. The normalized spacial score (nSPS) is 13.6. The lowest BCUT2D eigenvalue weighted by molar-refractivity contribution is -0.140. The van der Waals surface area contributed by atoms with Crippen molar-refractivity contribution in [1.29, 1.82) is 0 Å². The number of esters is 1. The zero-order valence-corrected chi connectivity index (χ0v) is 29.8. The van der Waals surface area contributed by atoms with Crippen LogP contribution in [0, 0.1) is 22.7 Å². The number of hydrogen-bond donors (Lipinski definition) is 0. The van der Waals surface area contributed by atoms with Gasteiger partial charge in [-0.25, -0.2) is 0 Å². The highest BCUT2D eigenvalue weighted by Gasteiger charge is 2.35. The molecule has 0 fully saturated rings. The summed E-state index contributed by atoms with van der Waals surface area (Å²) < 4.78 is 18.2. The van der Waals surface area contributed by atoms with Gasteiger partial charge in [0, 0.05) is 17.5 Å². The molecule has 0 aliphatic carbocycles. The monoisotopic (exact) mass is 594 g/mol. The minimum Gasteiger partial charge on any atom is -0.469 e. The number of carbonyl (C=O) groups is 1. The topological polar surface area (TPSA) is 44.8 Å². The van der Waals surface area contributed by atoms with E-state index in [0.29, 0.717) is 6.42 Å². The summed E-state index contributed by atoms with van der Waals surface area (Å²) in [5, 5.41) is 0. The molecule has 0 bridgehead atoms. The Hall–Kier alpha value is -2.18. The fourth-order valence-corrected chi connectivity index (χ4v) is 7.18. The summed E-state index contributed by atoms with van der Waals surface area (Å²) in [6, 6.07) is 15.1. The first kappa shape index (κ1) is 35.0. The Morgan fingerprint density at radius 1 is 0.756 bits per heavy atom. The summed E-state index contributed by atoms with van der Waals surface area (Å²) in [7, 11) is -1.17. The van der Waals surface area contributed by atoms with E-state index in [1.165, 1.54) is 23.8 Å². The molecule has 41 heavy (non-hydrogen) atoms. The van der Waals surface area contributed by atoms with E-state index in [-0.39, 0.29) is 29.0 Å². The van der Waals surface area contributed by atoms with Crippen LogP contribution in [0.15, 0.2) is 42.5 Å². The van der Waals surface area contributed by atoms with Crippen molar-refractivity contribution in [3.63, 3.8) is 0 Å². The summed E-state index contributed by atoms with van der Waals surface area (Å²) in [5.41, 5.74) is 5.61. The molecule has 0 radical (unpaired) electrons. The maximum Gasteiger partial charge on any atom is 0.305 e. The van der Waals surface area contributed by atoms with Crippen LogP contribution in [0.3, 0.4) is 0 Å². The lowest BCUT2D eigenvalue weighted by Crippen LogP contribution is -2.31. The largest absolute Gasteiger partial charge is 0.469 e. The smallest absolute Gasteiger partial charge is 0.305 e. The van der Waals surface area contributed by atoms with Crippen molar-refractivity contribution in [3.8, 4) is 11.8 Å². The van der Waals surface area contributed by atoms with E-state index in [4.69, 9.17) is 13.6 Å². The van der Waals surface area contributed by atoms with Crippen molar-refractivity contribution in [2.75, 3.05) is 7.11 Å². The van der Waals surface area contributed by atoms with Gasteiger partial charge in [0.25, 0.3) is 0 Å². The van der Waals surface area contributed by atoms with Crippen LogP contribution in [-0.2, 0) is 24.8 Å². The van der Waals surface area contributed by atoms with Crippen molar-refractivity contribution >= 4 is 24.0 Å². The molecule has 2 aromatic rings. The number of ether oxygens (including phenoxy) is 1. The van der Waals surface area contributed by atoms with Gasteiger partial charge in [-0.05, 0) is 97.2 Å². The van der Waals surface area contributed by atoms with Gasteiger partial charge < -0.3 is 13.6 Å². The predicted octanol–water partition coefficient (Wildman–Crippen LogP) is 8.54.